The van der Waals surface area contributed by atoms with Gasteiger partial charge in [-0.05, 0) is 19.9 Å². The summed E-state index contributed by atoms with van der Waals surface area (Å²) in [5, 5.41) is 8.38. The van der Waals surface area contributed by atoms with Gasteiger partial charge >= 0.3 is 0 Å². The Morgan fingerprint density at radius 2 is 2.14 bits per heavy atom. The zero-order valence-corrected chi connectivity index (χ0v) is 8.86. The van der Waals surface area contributed by atoms with Crippen LogP contribution in [0.25, 0.3) is 0 Å². The fraction of sp³-hybridized carbons (Fsp3) is 0.800. The molecule has 0 N–H and O–H groups in total. The molecule has 1 aliphatic rings. The zero-order valence-electron chi connectivity index (χ0n) is 8.86. The number of amides is 1. The number of hydrogen-bond donors (Lipinski definition) is 0. The van der Waals surface area contributed by atoms with Gasteiger partial charge in [0, 0.05) is 26.1 Å². The van der Waals surface area contributed by atoms with E-state index in [9.17, 15) is 4.79 Å². The summed E-state index contributed by atoms with van der Waals surface area (Å²) in [6.07, 6.45) is 2.77. The smallest absolute Gasteiger partial charge is 0.236 e. The third-order valence-corrected chi connectivity index (χ3v) is 2.50. The molecule has 4 heteroatoms. The van der Waals surface area contributed by atoms with E-state index in [4.69, 9.17) is 5.26 Å². The van der Waals surface area contributed by atoms with Gasteiger partial charge in [0.1, 0.15) is 0 Å². The monoisotopic (exact) mass is 195 g/mol. The highest BCUT2D eigenvalue weighted by Crippen LogP contribution is 2.25. The highest BCUT2D eigenvalue weighted by Gasteiger charge is 2.29. The molecular weight excluding hydrogens is 178 g/mol. The van der Waals surface area contributed by atoms with Gasteiger partial charge < -0.3 is 4.90 Å². The van der Waals surface area contributed by atoms with E-state index in [1.54, 1.807) is 0 Å². The van der Waals surface area contributed by atoms with Crippen molar-refractivity contribution in [3.8, 4) is 6.07 Å². The van der Waals surface area contributed by atoms with Crippen molar-refractivity contribution in [2.24, 2.45) is 0 Å². The summed E-state index contributed by atoms with van der Waals surface area (Å²) >= 11 is 0. The van der Waals surface area contributed by atoms with Crippen molar-refractivity contribution >= 4 is 5.91 Å². The normalized spacial score (nSPS) is 15.3. The Bertz CT molecular complexity index is 242. The van der Waals surface area contributed by atoms with Crippen molar-refractivity contribution in [3.63, 3.8) is 0 Å². The van der Waals surface area contributed by atoms with Crippen LogP contribution in [0, 0.1) is 11.3 Å². The molecule has 0 spiro atoms. The Labute approximate surface area is 85.1 Å². The average molecular weight is 195 g/mol. The third kappa shape index (κ3) is 3.35. The maximum atomic E-state index is 11.6. The Morgan fingerprint density at radius 1 is 1.50 bits per heavy atom. The van der Waals surface area contributed by atoms with E-state index in [2.05, 4.69) is 6.07 Å². The lowest BCUT2D eigenvalue weighted by atomic mass is 10.4. The number of carbonyl (C=O) groups excluding carboxylic acids is 1. The minimum Gasteiger partial charge on any atom is -0.342 e. The van der Waals surface area contributed by atoms with E-state index in [1.807, 2.05) is 23.9 Å². The van der Waals surface area contributed by atoms with Crippen LogP contribution < -0.4 is 0 Å². The van der Waals surface area contributed by atoms with Gasteiger partial charge in [-0.1, -0.05) is 0 Å². The van der Waals surface area contributed by atoms with E-state index < -0.39 is 0 Å². The number of carbonyl (C=O) groups is 1. The summed E-state index contributed by atoms with van der Waals surface area (Å²) in [6, 6.07) is 2.55. The predicted octanol–water partition coefficient (Wildman–Crippen LogP) is 0.453. The molecule has 1 fully saturated rings. The van der Waals surface area contributed by atoms with E-state index in [0.29, 0.717) is 25.6 Å². The second-order valence-corrected chi connectivity index (χ2v) is 3.88. The molecule has 0 heterocycles. The molecule has 14 heavy (non-hydrogen) atoms. The predicted molar refractivity (Wildman–Crippen MR) is 53.5 cm³/mol. The summed E-state index contributed by atoms with van der Waals surface area (Å²) < 4.78 is 0. The topological polar surface area (TPSA) is 47.3 Å². The van der Waals surface area contributed by atoms with Crippen molar-refractivity contribution in [3.05, 3.63) is 0 Å². The molecule has 0 aromatic heterocycles. The number of hydrogen-bond acceptors (Lipinski definition) is 3. The van der Waals surface area contributed by atoms with Gasteiger partial charge in [0.15, 0.2) is 0 Å². The quantitative estimate of drug-likeness (QED) is 0.640. The van der Waals surface area contributed by atoms with Crippen LogP contribution in [0.2, 0.25) is 0 Å². The van der Waals surface area contributed by atoms with Crippen LogP contribution in [0.4, 0.5) is 0 Å². The van der Waals surface area contributed by atoms with Crippen molar-refractivity contribution in [1.82, 2.24) is 9.80 Å². The molecule has 0 bridgehead atoms. The maximum Gasteiger partial charge on any atom is 0.236 e. The van der Waals surface area contributed by atoms with Crippen molar-refractivity contribution < 1.29 is 4.79 Å². The van der Waals surface area contributed by atoms with E-state index in [1.165, 1.54) is 0 Å². The van der Waals surface area contributed by atoms with Crippen molar-refractivity contribution in [2.75, 3.05) is 27.2 Å². The number of nitrogens with zero attached hydrogens (tertiary/aromatic N) is 3. The molecule has 0 aromatic carbocycles. The molecule has 1 amide bonds. The molecule has 78 valence electrons. The van der Waals surface area contributed by atoms with Crippen LogP contribution in [-0.4, -0.2) is 48.9 Å². The Kier molecular flexibility index (Phi) is 3.90. The van der Waals surface area contributed by atoms with Gasteiger partial charge in [0.25, 0.3) is 0 Å². The molecule has 4 nitrogen and oxygen atoms in total. The van der Waals surface area contributed by atoms with Gasteiger partial charge in [-0.15, -0.1) is 0 Å². The van der Waals surface area contributed by atoms with Crippen LogP contribution in [0.1, 0.15) is 19.3 Å². The summed E-state index contributed by atoms with van der Waals surface area (Å²) in [7, 11) is 3.73. The SMILES string of the molecule is CN(CCC#N)CC(=O)N(C)C1CC1. The average Bonchev–Trinajstić information content (AvgIpc) is 2.96. The zero-order chi connectivity index (χ0) is 10.6. The van der Waals surface area contributed by atoms with E-state index >= 15 is 0 Å². The summed E-state index contributed by atoms with van der Waals surface area (Å²) in [5.41, 5.74) is 0. The largest absolute Gasteiger partial charge is 0.342 e. The lowest BCUT2D eigenvalue weighted by Gasteiger charge is -2.20. The molecule has 1 aliphatic carbocycles. The highest BCUT2D eigenvalue weighted by atomic mass is 16.2. The number of nitriles is 1. The second kappa shape index (κ2) is 4.97. The van der Waals surface area contributed by atoms with Crippen LogP contribution >= 0.6 is 0 Å². The van der Waals surface area contributed by atoms with Crippen molar-refractivity contribution in [1.29, 1.82) is 5.26 Å². The fourth-order valence-electron chi connectivity index (χ4n) is 1.33. The van der Waals surface area contributed by atoms with Crippen LogP contribution in [-0.2, 0) is 4.79 Å². The maximum absolute atomic E-state index is 11.6. The van der Waals surface area contributed by atoms with Gasteiger partial charge in [-0.2, -0.15) is 5.26 Å². The van der Waals surface area contributed by atoms with Gasteiger partial charge in [-0.25, -0.2) is 0 Å². The summed E-state index contributed by atoms with van der Waals surface area (Å²) in [4.78, 5) is 15.3. The number of rotatable bonds is 5. The van der Waals surface area contributed by atoms with Crippen LogP contribution in [0.3, 0.4) is 0 Å². The van der Waals surface area contributed by atoms with Crippen LogP contribution in [0.15, 0.2) is 0 Å². The molecule has 0 radical (unpaired) electrons. The lowest BCUT2D eigenvalue weighted by Crippen LogP contribution is -2.38. The molecule has 0 saturated heterocycles. The fourth-order valence-corrected chi connectivity index (χ4v) is 1.33. The Hall–Kier alpha value is -1.08. The highest BCUT2D eigenvalue weighted by molar-refractivity contribution is 5.78. The summed E-state index contributed by atoms with van der Waals surface area (Å²) in [6.45, 7) is 1.09. The molecule has 0 aliphatic heterocycles. The van der Waals surface area contributed by atoms with Crippen LogP contribution in [0.5, 0.6) is 0 Å². The second-order valence-electron chi connectivity index (χ2n) is 3.88. The first-order chi connectivity index (χ1) is 6.65. The Balaban J connectivity index is 2.21. The molecule has 0 unspecified atom stereocenters. The van der Waals surface area contributed by atoms with E-state index in [-0.39, 0.29) is 5.91 Å². The Morgan fingerprint density at radius 3 is 2.64 bits per heavy atom. The first-order valence-corrected chi connectivity index (χ1v) is 4.96. The van der Waals surface area contributed by atoms with Gasteiger partial charge in [-0.3, -0.25) is 9.69 Å². The number of likely N-dealkylation sites (N-methyl/N-ethyl adjacent to an activating group) is 2. The van der Waals surface area contributed by atoms with Crippen molar-refractivity contribution in [2.45, 2.75) is 25.3 Å². The first-order valence-electron chi connectivity index (χ1n) is 4.96. The van der Waals surface area contributed by atoms with E-state index in [0.717, 1.165) is 12.8 Å². The standard InChI is InChI=1S/C10H17N3O/c1-12(7-3-6-11)8-10(14)13(2)9-4-5-9/h9H,3-5,7-8H2,1-2H3. The third-order valence-electron chi connectivity index (χ3n) is 2.50. The molecule has 0 aromatic rings. The molecule has 1 rings (SSSR count). The lowest BCUT2D eigenvalue weighted by molar-refractivity contribution is -0.131. The van der Waals surface area contributed by atoms with Gasteiger partial charge in [0.05, 0.1) is 12.6 Å². The molecule has 1 saturated carbocycles. The summed E-state index contributed by atoms with van der Waals surface area (Å²) in [5.74, 6) is 0.160. The first kappa shape index (κ1) is 11.0. The minimum atomic E-state index is 0.160. The molecular formula is C10H17N3O. The minimum absolute atomic E-state index is 0.160. The van der Waals surface area contributed by atoms with Gasteiger partial charge in [0.2, 0.25) is 5.91 Å². The molecule has 0 atom stereocenters.